The number of aromatic carboxylic acids is 1. The van der Waals surface area contributed by atoms with Gasteiger partial charge in [0, 0.05) is 24.1 Å². The molecule has 0 saturated carbocycles. The third-order valence-electron chi connectivity index (χ3n) is 3.70. The number of nitrogen functional groups attached to an aromatic ring is 1. The van der Waals surface area contributed by atoms with E-state index in [1.165, 1.54) is 5.56 Å². The molecule has 0 aliphatic rings. The highest BCUT2D eigenvalue weighted by molar-refractivity contribution is 5.96. The normalized spacial score (nSPS) is 10.5. The van der Waals surface area contributed by atoms with Crippen molar-refractivity contribution in [3.63, 3.8) is 0 Å². The summed E-state index contributed by atoms with van der Waals surface area (Å²) in [6, 6.07) is 9.71. The van der Waals surface area contributed by atoms with Crippen molar-refractivity contribution in [1.82, 2.24) is 0 Å². The van der Waals surface area contributed by atoms with Crippen LogP contribution in [0.2, 0.25) is 0 Å². The molecular formula is C17H20N2O2. The number of hydrogen-bond donors (Lipinski definition) is 2. The van der Waals surface area contributed by atoms with Gasteiger partial charge in [-0.25, -0.2) is 4.79 Å². The van der Waals surface area contributed by atoms with E-state index in [2.05, 4.69) is 6.07 Å². The fraction of sp³-hybridized carbons (Fsp3) is 0.235. The Balaban J connectivity index is 2.53. The van der Waals surface area contributed by atoms with Gasteiger partial charge in [-0.05, 0) is 50.1 Å². The van der Waals surface area contributed by atoms with Crippen LogP contribution in [0.1, 0.15) is 27.0 Å². The lowest BCUT2D eigenvalue weighted by Gasteiger charge is -2.23. The molecule has 110 valence electrons. The molecule has 0 aliphatic heterocycles. The second-order valence-electron chi connectivity index (χ2n) is 5.38. The van der Waals surface area contributed by atoms with Crippen molar-refractivity contribution in [2.75, 3.05) is 17.7 Å². The predicted molar refractivity (Wildman–Crippen MR) is 86.5 cm³/mol. The molecule has 2 aromatic rings. The van der Waals surface area contributed by atoms with Crippen LogP contribution in [0.4, 0.5) is 17.1 Å². The third-order valence-corrected chi connectivity index (χ3v) is 3.70. The lowest BCUT2D eigenvalue weighted by atomic mass is 10.0. The van der Waals surface area contributed by atoms with Gasteiger partial charge in [0.15, 0.2) is 0 Å². The molecule has 3 N–H and O–H groups in total. The van der Waals surface area contributed by atoms with Gasteiger partial charge in [0.1, 0.15) is 0 Å². The molecule has 0 heterocycles. The SMILES string of the molecule is Cc1ccc(N(C)c2cc(C)c(N)c(C(=O)O)c2)c(C)c1. The first-order chi connectivity index (χ1) is 9.81. The molecule has 0 saturated heterocycles. The van der Waals surface area contributed by atoms with Crippen LogP contribution in [0, 0.1) is 20.8 Å². The zero-order valence-electron chi connectivity index (χ0n) is 12.8. The van der Waals surface area contributed by atoms with Gasteiger partial charge in [0.2, 0.25) is 0 Å². The van der Waals surface area contributed by atoms with Crippen LogP contribution in [-0.2, 0) is 0 Å². The van der Waals surface area contributed by atoms with Gasteiger partial charge >= 0.3 is 5.97 Å². The Labute approximate surface area is 124 Å². The maximum atomic E-state index is 11.3. The van der Waals surface area contributed by atoms with Gasteiger partial charge in [-0.2, -0.15) is 0 Å². The van der Waals surface area contributed by atoms with Crippen LogP contribution in [0.25, 0.3) is 0 Å². The smallest absolute Gasteiger partial charge is 0.337 e. The minimum Gasteiger partial charge on any atom is -0.478 e. The Bertz CT molecular complexity index is 708. The molecule has 0 unspecified atom stereocenters. The van der Waals surface area contributed by atoms with Crippen molar-refractivity contribution in [3.8, 4) is 0 Å². The van der Waals surface area contributed by atoms with Gasteiger partial charge in [-0.15, -0.1) is 0 Å². The summed E-state index contributed by atoms with van der Waals surface area (Å²) in [5.41, 5.74) is 11.3. The molecule has 0 fully saturated rings. The summed E-state index contributed by atoms with van der Waals surface area (Å²) in [7, 11) is 1.92. The lowest BCUT2D eigenvalue weighted by Crippen LogP contribution is -2.13. The molecule has 0 aliphatic carbocycles. The Morgan fingerprint density at radius 1 is 1.10 bits per heavy atom. The number of rotatable bonds is 3. The first-order valence-electron chi connectivity index (χ1n) is 6.75. The molecule has 4 heteroatoms. The van der Waals surface area contributed by atoms with E-state index < -0.39 is 5.97 Å². The van der Waals surface area contributed by atoms with Gasteiger partial charge in [-0.3, -0.25) is 0 Å². The number of aryl methyl sites for hydroxylation is 3. The lowest BCUT2D eigenvalue weighted by molar-refractivity contribution is 0.0698. The summed E-state index contributed by atoms with van der Waals surface area (Å²) < 4.78 is 0. The van der Waals surface area contributed by atoms with E-state index in [1.807, 2.05) is 50.9 Å². The maximum Gasteiger partial charge on any atom is 0.337 e. The summed E-state index contributed by atoms with van der Waals surface area (Å²) in [5.74, 6) is -1.01. The maximum absolute atomic E-state index is 11.3. The molecule has 0 aromatic heterocycles. The summed E-state index contributed by atoms with van der Waals surface area (Å²) in [6.07, 6.45) is 0. The van der Waals surface area contributed by atoms with Gasteiger partial charge in [-0.1, -0.05) is 17.7 Å². The minimum absolute atomic E-state index is 0.140. The second kappa shape index (κ2) is 5.48. The van der Waals surface area contributed by atoms with Crippen LogP contribution in [0.5, 0.6) is 0 Å². The summed E-state index contributed by atoms with van der Waals surface area (Å²) in [6.45, 7) is 5.91. The second-order valence-corrected chi connectivity index (χ2v) is 5.38. The summed E-state index contributed by atoms with van der Waals surface area (Å²) >= 11 is 0. The molecule has 0 atom stereocenters. The van der Waals surface area contributed by atoms with Crippen LogP contribution in [0.15, 0.2) is 30.3 Å². The monoisotopic (exact) mass is 284 g/mol. The number of nitrogens with zero attached hydrogens (tertiary/aromatic N) is 1. The molecule has 0 amide bonds. The predicted octanol–water partition coefficient (Wildman–Crippen LogP) is 3.66. The fourth-order valence-corrected chi connectivity index (χ4v) is 2.47. The van der Waals surface area contributed by atoms with Gasteiger partial charge in [0.25, 0.3) is 0 Å². The van der Waals surface area contributed by atoms with Crippen molar-refractivity contribution in [2.45, 2.75) is 20.8 Å². The fourth-order valence-electron chi connectivity index (χ4n) is 2.47. The van der Waals surface area contributed by atoms with Crippen LogP contribution >= 0.6 is 0 Å². The molecule has 0 radical (unpaired) electrons. The number of hydrogen-bond acceptors (Lipinski definition) is 3. The summed E-state index contributed by atoms with van der Waals surface area (Å²) in [4.78, 5) is 13.3. The zero-order valence-corrected chi connectivity index (χ0v) is 12.8. The summed E-state index contributed by atoms with van der Waals surface area (Å²) in [5, 5.41) is 9.26. The average Bonchev–Trinajstić information content (AvgIpc) is 2.40. The Morgan fingerprint density at radius 2 is 1.76 bits per heavy atom. The quantitative estimate of drug-likeness (QED) is 0.844. The number of nitrogens with two attached hydrogens (primary N) is 1. The van der Waals surface area contributed by atoms with E-state index in [0.717, 1.165) is 22.5 Å². The number of carboxylic acids is 1. The molecule has 4 nitrogen and oxygen atoms in total. The van der Waals surface area contributed by atoms with E-state index in [4.69, 9.17) is 5.73 Å². The van der Waals surface area contributed by atoms with Gasteiger partial charge < -0.3 is 15.7 Å². The van der Waals surface area contributed by atoms with E-state index >= 15 is 0 Å². The van der Waals surface area contributed by atoms with E-state index in [9.17, 15) is 9.90 Å². The highest BCUT2D eigenvalue weighted by Gasteiger charge is 2.15. The molecule has 21 heavy (non-hydrogen) atoms. The largest absolute Gasteiger partial charge is 0.478 e. The molecule has 2 rings (SSSR count). The average molecular weight is 284 g/mol. The Kier molecular flexibility index (Phi) is 3.89. The highest BCUT2D eigenvalue weighted by Crippen LogP contribution is 2.31. The molecule has 0 bridgehead atoms. The van der Waals surface area contributed by atoms with E-state index in [0.29, 0.717) is 5.69 Å². The number of carbonyl (C=O) groups is 1. The van der Waals surface area contributed by atoms with Crippen molar-refractivity contribution in [3.05, 3.63) is 52.6 Å². The Morgan fingerprint density at radius 3 is 2.33 bits per heavy atom. The van der Waals surface area contributed by atoms with Crippen LogP contribution in [0.3, 0.4) is 0 Å². The Hall–Kier alpha value is -2.49. The number of benzene rings is 2. The topological polar surface area (TPSA) is 66.6 Å². The van der Waals surface area contributed by atoms with Gasteiger partial charge in [0.05, 0.1) is 5.56 Å². The highest BCUT2D eigenvalue weighted by atomic mass is 16.4. The van der Waals surface area contributed by atoms with Crippen molar-refractivity contribution in [1.29, 1.82) is 0 Å². The molecule has 0 spiro atoms. The number of carboxylic acid groups (broad SMARTS) is 1. The third kappa shape index (κ3) is 2.84. The first kappa shape index (κ1) is 14.9. The van der Waals surface area contributed by atoms with E-state index in [1.54, 1.807) is 6.07 Å². The van der Waals surface area contributed by atoms with Crippen molar-refractivity contribution in [2.24, 2.45) is 0 Å². The van der Waals surface area contributed by atoms with Crippen molar-refractivity contribution >= 4 is 23.0 Å². The number of anilines is 3. The van der Waals surface area contributed by atoms with Crippen LogP contribution in [-0.4, -0.2) is 18.1 Å². The van der Waals surface area contributed by atoms with E-state index in [-0.39, 0.29) is 5.56 Å². The standard InChI is InChI=1S/C17H20N2O2/c1-10-5-6-15(11(2)7-10)19(4)13-8-12(3)16(18)14(9-13)17(20)21/h5-9H,18H2,1-4H3,(H,20,21). The minimum atomic E-state index is -1.01. The van der Waals surface area contributed by atoms with Crippen LogP contribution < -0.4 is 10.6 Å². The van der Waals surface area contributed by atoms with Crippen molar-refractivity contribution < 1.29 is 9.90 Å². The zero-order chi connectivity index (χ0) is 15.7. The molecular weight excluding hydrogens is 264 g/mol. The molecule has 2 aromatic carbocycles. The first-order valence-corrected chi connectivity index (χ1v) is 6.75.